The summed E-state index contributed by atoms with van der Waals surface area (Å²) in [6.45, 7) is 8.19. The molecule has 4 rings (SSSR count). The van der Waals surface area contributed by atoms with Crippen molar-refractivity contribution >= 4 is 34.6 Å². The number of halogens is 1. The van der Waals surface area contributed by atoms with Gasteiger partial charge in [-0.05, 0) is 56.5 Å². The zero-order valence-electron chi connectivity index (χ0n) is 19.5. The highest BCUT2D eigenvalue weighted by Crippen LogP contribution is 2.24. The molecule has 34 heavy (non-hydrogen) atoms. The molecule has 4 aromatic rings. The first-order chi connectivity index (χ1) is 16.2. The zero-order chi connectivity index (χ0) is 24.4. The van der Waals surface area contributed by atoms with E-state index in [2.05, 4.69) is 5.10 Å². The van der Waals surface area contributed by atoms with E-state index in [1.54, 1.807) is 6.08 Å². The van der Waals surface area contributed by atoms with Crippen LogP contribution in [0.3, 0.4) is 0 Å². The maximum Gasteiger partial charge on any atom is 0.336 e. The average Bonchev–Trinajstić information content (AvgIpc) is 3.07. The molecule has 7 heteroatoms. The molecule has 0 saturated heterocycles. The molecule has 0 radical (unpaired) electrons. The third kappa shape index (κ3) is 4.82. The molecule has 0 aliphatic rings. The maximum atomic E-state index is 12.4. The highest BCUT2D eigenvalue weighted by atomic mass is 35.5. The van der Waals surface area contributed by atoms with Crippen LogP contribution in [0.5, 0.6) is 0 Å². The van der Waals surface area contributed by atoms with Crippen molar-refractivity contribution < 1.29 is 13.9 Å². The molecule has 6 nitrogen and oxygen atoms in total. The van der Waals surface area contributed by atoms with Crippen LogP contribution in [-0.4, -0.2) is 15.7 Å². The lowest BCUT2D eigenvalue weighted by Crippen LogP contribution is -2.06. The van der Waals surface area contributed by atoms with Gasteiger partial charge in [-0.25, -0.2) is 9.59 Å². The molecule has 0 fully saturated rings. The number of nitrogens with zero attached hydrogens (tertiary/aromatic N) is 2. The van der Waals surface area contributed by atoms with Crippen LogP contribution < -0.4 is 5.63 Å². The molecule has 0 aliphatic carbocycles. The number of hydrogen-bond acceptors (Lipinski definition) is 5. The minimum Gasteiger partial charge on any atom is -0.458 e. The van der Waals surface area contributed by atoms with Gasteiger partial charge in [0.25, 0.3) is 0 Å². The van der Waals surface area contributed by atoms with Gasteiger partial charge in [-0.15, -0.1) is 0 Å². The molecule has 174 valence electrons. The number of benzene rings is 2. The molecule has 0 unspecified atom stereocenters. The topological polar surface area (TPSA) is 74.3 Å². The Morgan fingerprint density at radius 2 is 1.88 bits per heavy atom. The van der Waals surface area contributed by atoms with Gasteiger partial charge in [0, 0.05) is 39.4 Å². The quantitative estimate of drug-likeness (QED) is 0.203. The van der Waals surface area contributed by atoms with Crippen LogP contribution in [0.1, 0.15) is 39.2 Å². The van der Waals surface area contributed by atoms with Crippen LogP contribution in [0.15, 0.2) is 57.8 Å². The molecule has 2 aromatic carbocycles. The number of esters is 1. The van der Waals surface area contributed by atoms with E-state index in [1.807, 2.05) is 68.8 Å². The lowest BCUT2D eigenvalue weighted by molar-refractivity contribution is -0.138. The van der Waals surface area contributed by atoms with E-state index in [1.165, 1.54) is 12.1 Å². The van der Waals surface area contributed by atoms with Crippen LogP contribution in [0.2, 0.25) is 5.02 Å². The summed E-state index contributed by atoms with van der Waals surface area (Å²) in [5.41, 5.74) is 6.10. The van der Waals surface area contributed by atoms with Crippen LogP contribution in [0.25, 0.3) is 17.0 Å². The second-order valence-electron chi connectivity index (χ2n) is 8.25. The second-order valence-corrected chi connectivity index (χ2v) is 8.66. The average molecular weight is 477 g/mol. The first-order valence-electron chi connectivity index (χ1n) is 10.9. The number of carbonyl (C=O) groups excluding carboxylic acids is 1. The van der Waals surface area contributed by atoms with E-state index in [-0.39, 0.29) is 6.61 Å². The van der Waals surface area contributed by atoms with Crippen molar-refractivity contribution in [1.29, 1.82) is 0 Å². The normalized spacial score (nSPS) is 11.4. The maximum absolute atomic E-state index is 12.4. The molecule has 0 atom stereocenters. The second kappa shape index (κ2) is 9.69. The molecule has 0 N–H and O–H groups in total. The number of aromatic nitrogens is 2. The molecule has 0 bridgehead atoms. The van der Waals surface area contributed by atoms with Crippen molar-refractivity contribution in [2.24, 2.45) is 0 Å². The van der Waals surface area contributed by atoms with Crippen molar-refractivity contribution in [3.8, 4) is 0 Å². The fourth-order valence-electron chi connectivity index (χ4n) is 3.89. The Hall–Kier alpha value is -3.64. The smallest absolute Gasteiger partial charge is 0.336 e. The first-order valence-corrected chi connectivity index (χ1v) is 11.3. The number of hydrogen-bond donors (Lipinski definition) is 0. The van der Waals surface area contributed by atoms with E-state index in [4.69, 9.17) is 20.8 Å². The van der Waals surface area contributed by atoms with Crippen LogP contribution >= 0.6 is 11.6 Å². The van der Waals surface area contributed by atoms with Crippen molar-refractivity contribution in [2.45, 2.75) is 40.8 Å². The summed E-state index contributed by atoms with van der Waals surface area (Å²) in [4.78, 5) is 24.5. The number of fused-ring (bicyclic) bond motifs is 1. The largest absolute Gasteiger partial charge is 0.458 e. The van der Waals surface area contributed by atoms with E-state index >= 15 is 0 Å². The lowest BCUT2D eigenvalue weighted by atomic mass is 10.0. The van der Waals surface area contributed by atoms with Crippen molar-refractivity contribution in [3.05, 3.63) is 103 Å². The van der Waals surface area contributed by atoms with Crippen molar-refractivity contribution in [1.82, 2.24) is 9.78 Å². The fraction of sp³-hybridized carbons (Fsp3) is 0.222. The summed E-state index contributed by atoms with van der Waals surface area (Å²) in [6.07, 6.45) is 3.08. The summed E-state index contributed by atoms with van der Waals surface area (Å²) in [5, 5.41) is 6.03. The molecule has 0 saturated carbocycles. The van der Waals surface area contributed by atoms with Gasteiger partial charge in [-0.2, -0.15) is 5.10 Å². The van der Waals surface area contributed by atoms with Gasteiger partial charge < -0.3 is 9.15 Å². The molecular formula is C27H25ClN2O4. The number of carbonyl (C=O) groups is 1. The molecule has 0 spiro atoms. The third-order valence-corrected chi connectivity index (χ3v) is 6.36. The Labute approximate surface area is 202 Å². The Morgan fingerprint density at radius 3 is 2.65 bits per heavy atom. The highest BCUT2D eigenvalue weighted by Gasteiger charge is 2.13. The monoisotopic (exact) mass is 476 g/mol. The van der Waals surface area contributed by atoms with Crippen LogP contribution in [0.4, 0.5) is 0 Å². The van der Waals surface area contributed by atoms with Crippen LogP contribution in [0, 0.1) is 27.7 Å². The molecule has 2 heterocycles. The standard InChI is InChI=1S/C27H25ClN2O4/c1-16-9-10-23-21(13-26(32)34-27(23)17(16)2)15-33-25(31)12-11-22-18(3)29-30(19(22)4)14-20-7-5-6-8-24(20)28/h5-13H,14-15H2,1-4H3. The third-order valence-electron chi connectivity index (χ3n) is 5.99. The Balaban J connectivity index is 1.49. The van der Waals surface area contributed by atoms with E-state index < -0.39 is 11.6 Å². The molecular weight excluding hydrogens is 452 g/mol. The predicted molar refractivity (Wildman–Crippen MR) is 133 cm³/mol. The van der Waals surface area contributed by atoms with E-state index in [0.29, 0.717) is 22.7 Å². The first kappa shape index (κ1) is 23.5. The van der Waals surface area contributed by atoms with Gasteiger partial charge >= 0.3 is 11.6 Å². The summed E-state index contributed by atoms with van der Waals surface area (Å²) in [5.74, 6) is -0.511. The predicted octanol–water partition coefficient (Wildman–Crippen LogP) is 5.68. The summed E-state index contributed by atoms with van der Waals surface area (Å²) >= 11 is 6.28. The van der Waals surface area contributed by atoms with Gasteiger partial charge in [0.05, 0.1) is 12.2 Å². The Kier molecular flexibility index (Phi) is 6.70. The minimum absolute atomic E-state index is 0.0303. The van der Waals surface area contributed by atoms with Gasteiger partial charge in [-0.3, -0.25) is 4.68 Å². The molecule has 2 aromatic heterocycles. The van der Waals surface area contributed by atoms with Crippen molar-refractivity contribution in [3.63, 3.8) is 0 Å². The van der Waals surface area contributed by atoms with Gasteiger partial charge in [-0.1, -0.05) is 41.9 Å². The Morgan fingerprint density at radius 1 is 1.12 bits per heavy atom. The Bertz CT molecular complexity index is 1480. The van der Waals surface area contributed by atoms with Crippen LogP contribution in [-0.2, 0) is 22.7 Å². The lowest BCUT2D eigenvalue weighted by Gasteiger charge is -2.09. The molecule has 0 amide bonds. The fourth-order valence-corrected chi connectivity index (χ4v) is 4.08. The zero-order valence-corrected chi connectivity index (χ0v) is 20.3. The minimum atomic E-state index is -0.511. The molecule has 0 aliphatic heterocycles. The summed E-state index contributed by atoms with van der Waals surface area (Å²) < 4.78 is 12.7. The summed E-state index contributed by atoms with van der Waals surface area (Å²) in [6, 6.07) is 12.8. The van der Waals surface area contributed by atoms with Gasteiger partial charge in [0.15, 0.2) is 0 Å². The van der Waals surface area contributed by atoms with E-state index in [9.17, 15) is 9.59 Å². The van der Waals surface area contributed by atoms with E-state index in [0.717, 1.165) is 39.0 Å². The van der Waals surface area contributed by atoms with Gasteiger partial charge in [0.2, 0.25) is 0 Å². The SMILES string of the molecule is Cc1ccc2c(COC(=O)C=Cc3c(C)nn(Cc4ccccc4Cl)c3C)cc(=O)oc2c1C. The number of ether oxygens (including phenoxy) is 1. The van der Waals surface area contributed by atoms with Gasteiger partial charge in [0.1, 0.15) is 12.2 Å². The summed E-state index contributed by atoms with van der Waals surface area (Å²) in [7, 11) is 0. The number of aryl methyl sites for hydroxylation is 3. The highest BCUT2D eigenvalue weighted by molar-refractivity contribution is 6.31. The number of rotatable bonds is 6. The van der Waals surface area contributed by atoms with Crippen molar-refractivity contribution in [2.75, 3.05) is 0 Å².